The molecular formula is C27H45N3O2S. The number of likely N-dealkylation sites (N-methyl/N-ethyl adjacent to an activating group) is 1. The molecule has 33 heavy (non-hydrogen) atoms. The first-order valence-electron chi connectivity index (χ1n) is 13.1. The lowest BCUT2D eigenvalue weighted by Crippen LogP contribution is -2.51. The average Bonchev–Trinajstić information content (AvgIpc) is 2.85. The van der Waals surface area contributed by atoms with Crippen LogP contribution in [0.2, 0.25) is 0 Å². The summed E-state index contributed by atoms with van der Waals surface area (Å²) < 4.78 is 11.7. The first-order chi connectivity index (χ1) is 16.2. The molecular weight excluding hydrogens is 430 g/mol. The topological polar surface area (TPSA) is 45.8 Å². The molecule has 6 heteroatoms. The van der Waals surface area contributed by atoms with Crippen LogP contribution in [0.4, 0.5) is 0 Å². The number of thiocarbonyl (C=S) groups is 1. The van der Waals surface area contributed by atoms with E-state index in [1.807, 2.05) is 7.05 Å². The zero-order valence-electron chi connectivity index (χ0n) is 20.8. The Balaban J connectivity index is 1.59. The van der Waals surface area contributed by atoms with Gasteiger partial charge in [0.15, 0.2) is 5.11 Å². The van der Waals surface area contributed by atoms with Crippen LogP contribution in [-0.2, 0) is 9.47 Å². The van der Waals surface area contributed by atoms with Crippen molar-refractivity contribution in [2.45, 2.75) is 69.9 Å². The minimum Gasteiger partial charge on any atom is -0.385 e. The number of methoxy groups -OCH3 is 1. The summed E-state index contributed by atoms with van der Waals surface area (Å²) in [5, 5.41) is 8.03. The Labute approximate surface area is 207 Å². The number of hydrogen-bond acceptors (Lipinski definition) is 4. The van der Waals surface area contributed by atoms with E-state index in [2.05, 4.69) is 45.9 Å². The van der Waals surface area contributed by atoms with Crippen LogP contribution in [0.25, 0.3) is 0 Å². The average molecular weight is 476 g/mol. The van der Waals surface area contributed by atoms with Crippen LogP contribution in [0.3, 0.4) is 0 Å². The lowest BCUT2D eigenvalue weighted by molar-refractivity contribution is -0.0142. The Morgan fingerprint density at radius 3 is 2.61 bits per heavy atom. The van der Waals surface area contributed by atoms with E-state index >= 15 is 0 Å². The summed E-state index contributed by atoms with van der Waals surface area (Å²) in [6.45, 7) is 4.40. The van der Waals surface area contributed by atoms with E-state index in [0.29, 0.717) is 12.0 Å². The van der Waals surface area contributed by atoms with Crippen molar-refractivity contribution in [1.82, 2.24) is 15.5 Å². The highest BCUT2D eigenvalue weighted by atomic mass is 32.1. The van der Waals surface area contributed by atoms with Gasteiger partial charge in [0.2, 0.25) is 0 Å². The zero-order chi connectivity index (χ0) is 23.3. The number of nitrogens with zero attached hydrogens (tertiary/aromatic N) is 1. The lowest BCUT2D eigenvalue weighted by atomic mass is 9.85. The van der Waals surface area contributed by atoms with Gasteiger partial charge in [-0.05, 0) is 56.4 Å². The van der Waals surface area contributed by atoms with Crippen LogP contribution in [0.1, 0.15) is 69.5 Å². The molecule has 3 atom stereocenters. The molecule has 3 rings (SSSR count). The molecule has 1 aromatic carbocycles. The largest absolute Gasteiger partial charge is 0.385 e. The molecule has 0 bridgehead atoms. The van der Waals surface area contributed by atoms with Crippen molar-refractivity contribution in [1.29, 1.82) is 0 Å². The van der Waals surface area contributed by atoms with Gasteiger partial charge in [0, 0.05) is 51.9 Å². The molecule has 1 aliphatic carbocycles. The van der Waals surface area contributed by atoms with Gasteiger partial charge in [-0.3, -0.25) is 0 Å². The predicted octanol–water partition coefficient (Wildman–Crippen LogP) is 4.93. The van der Waals surface area contributed by atoms with Gasteiger partial charge in [-0.25, -0.2) is 0 Å². The monoisotopic (exact) mass is 475 g/mol. The van der Waals surface area contributed by atoms with Gasteiger partial charge in [-0.2, -0.15) is 0 Å². The minimum atomic E-state index is 0.101. The van der Waals surface area contributed by atoms with E-state index in [9.17, 15) is 0 Å². The fourth-order valence-corrected chi connectivity index (χ4v) is 5.87. The number of benzene rings is 1. The SMILES string of the molecule is CNC[C@H](CC1CCCCC1)NC(=S)N1CCC[C@@H](C(OCCCOC)c2ccccc2)C1. The number of nitrogens with one attached hydrogen (secondary N) is 2. The van der Waals surface area contributed by atoms with Crippen LogP contribution in [-0.4, -0.2) is 63.1 Å². The molecule has 1 saturated heterocycles. The van der Waals surface area contributed by atoms with Gasteiger partial charge in [0.05, 0.1) is 6.10 Å². The van der Waals surface area contributed by atoms with Crippen molar-refractivity contribution < 1.29 is 9.47 Å². The van der Waals surface area contributed by atoms with Crippen LogP contribution < -0.4 is 10.6 Å². The van der Waals surface area contributed by atoms with Gasteiger partial charge in [0.25, 0.3) is 0 Å². The van der Waals surface area contributed by atoms with Crippen LogP contribution in [0.5, 0.6) is 0 Å². The van der Waals surface area contributed by atoms with Crippen molar-refractivity contribution in [3.05, 3.63) is 35.9 Å². The molecule has 2 N–H and O–H groups in total. The molecule has 0 spiro atoms. The number of hydrogen-bond donors (Lipinski definition) is 2. The second kappa shape index (κ2) is 14.9. The number of likely N-dealkylation sites (tertiary alicyclic amines) is 1. The van der Waals surface area contributed by atoms with Crippen LogP contribution >= 0.6 is 12.2 Å². The van der Waals surface area contributed by atoms with Crippen molar-refractivity contribution in [2.24, 2.45) is 11.8 Å². The molecule has 2 fully saturated rings. The summed E-state index contributed by atoms with van der Waals surface area (Å²) in [6.07, 6.45) is 11.5. The van der Waals surface area contributed by atoms with E-state index in [-0.39, 0.29) is 6.10 Å². The third-order valence-electron chi connectivity index (χ3n) is 7.21. The maximum Gasteiger partial charge on any atom is 0.169 e. The van der Waals surface area contributed by atoms with E-state index < -0.39 is 0 Å². The van der Waals surface area contributed by atoms with Gasteiger partial charge < -0.3 is 25.0 Å². The van der Waals surface area contributed by atoms with Gasteiger partial charge in [-0.1, -0.05) is 62.4 Å². The summed E-state index contributed by atoms with van der Waals surface area (Å²) >= 11 is 5.94. The highest BCUT2D eigenvalue weighted by Crippen LogP contribution is 2.33. The fourth-order valence-electron chi connectivity index (χ4n) is 5.53. The molecule has 186 valence electrons. The first-order valence-corrected chi connectivity index (χ1v) is 13.5. The predicted molar refractivity (Wildman–Crippen MR) is 141 cm³/mol. The molecule has 0 aromatic heterocycles. The summed E-state index contributed by atoms with van der Waals surface area (Å²) in [4.78, 5) is 2.39. The van der Waals surface area contributed by atoms with Crippen LogP contribution in [0, 0.1) is 11.8 Å². The molecule has 5 nitrogen and oxygen atoms in total. The maximum atomic E-state index is 6.44. The fraction of sp³-hybridized carbons (Fsp3) is 0.741. The van der Waals surface area contributed by atoms with E-state index in [0.717, 1.165) is 56.7 Å². The Morgan fingerprint density at radius 1 is 1.09 bits per heavy atom. The first kappa shape index (κ1) is 26.4. The Bertz CT molecular complexity index is 669. The van der Waals surface area contributed by atoms with Crippen molar-refractivity contribution in [3.63, 3.8) is 0 Å². The Kier molecular flexibility index (Phi) is 11.9. The number of piperidine rings is 1. The molecule has 1 aromatic rings. The highest BCUT2D eigenvalue weighted by Gasteiger charge is 2.31. The molecule has 1 saturated carbocycles. The normalized spacial score (nSPS) is 21.5. The lowest BCUT2D eigenvalue weighted by Gasteiger charge is -2.39. The van der Waals surface area contributed by atoms with Crippen molar-refractivity contribution >= 4 is 17.3 Å². The summed E-state index contributed by atoms with van der Waals surface area (Å²) in [5.41, 5.74) is 1.27. The highest BCUT2D eigenvalue weighted by molar-refractivity contribution is 7.80. The third kappa shape index (κ3) is 8.82. The van der Waals surface area contributed by atoms with Gasteiger partial charge in [-0.15, -0.1) is 0 Å². The van der Waals surface area contributed by atoms with Crippen LogP contribution in [0.15, 0.2) is 30.3 Å². The second-order valence-electron chi connectivity index (χ2n) is 9.84. The summed E-state index contributed by atoms with van der Waals surface area (Å²) in [5.74, 6) is 1.27. The number of rotatable bonds is 12. The third-order valence-corrected chi connectivity index (χ3v) is 7.59. The van der Waals surface area contributed by atoms with E-state index in [1.165, 1.54) is 50.5 Å². The smallest absolute Gasteiger partial charge is 0.169 e. The molecule has 0 radical (unpaired) electrons. The molecule has 2 aliphatic rings. The maximum absolute atomic E-state index is 6.44. The van der Waals surface area contributed by atoms with Gasteiger partial charge >= 0.3 is 0 Å². The zero-order valence-corrected chi connectivity index (χ0v) is 21.6. The quantitative estimate of drug-likeness (QED) is 0.330. The van der Waals surface area contributed by atoms with E-state index in [1.54, 1.807) is 7.11 Å². The second-order valence-corrected chi connectivity index (χ2v) is 10.2. The Hall–Kier alpha value is -1.21. The summed E-state index contributed by atoms with van der Waals surface area (Å²) in [7, 11) is 3.79. The van der Waals surface area contributed by atoms with Crippen molar-refractivity contribution in [2.75, 3.05) is 47.0 Å². The van der Waals surface area contributed by atoms with E-state index in [4.69, 9.17) is 21.7 Å². The minimum absolute atomic E-state index is 0.101. The molecule has 1 unspecified atom stereocenters. The molecule has 0 amide bonds. The molecule has 1 aliphatic heterocycles. The standard InChI is InChI=1S/C27H45N3O2S/c1-28-20-25(19-22-11-5-3-6-12-22)29-27(33)30-16-9-15-24(21-30)26(32-18-10-17-31-2)23-13-7-4-8-14-23/h4,7-8,13-14,22,24-26,28H,3,5-6,9-12,15-21H2,1-2H3,(H,29,33)/t24-,25+,26?/m1/s1. The van der Waals surface area contributed by atoms with Gasteiger partial charge in [0.1, 0.15) is 0 Å². The van der Waals surface area contributed by atoms with Crippen molar-refractivity contribution in [3.8, 4) is 0 Å². The summed E-state index contributed by atoms with van der Waals surface area (Å²) in [6, 6.07) is 11.1. The molecule has 1 heterocycles. The Morgan fingerprint density at radius 2 is 1.88 bits per heavy atom. The number of ether oxygens (including phenoxy) is 2.